The van der Waals surface area contributed by atoms with Crippen molar-refractivity contribution >= 4 is 0 Å². The highest BCUT2D eigenvalue weighted by atomic mass is 16.5. The minimum absolute atomic E-state index is 0.248. The Bertz CT molecular complexity index is 403. The van der Waals surface area contributed by atoms with E-state index in [0.29, 0.717) is 12.3 Å². The lowest BCUT2D eigenvalue weighted by Crippen LogP contribution is -2.36. The molecule has 1 unspecified atom stereocenters. The fraction of sp³-hybridized carbons (Fsp3) is 0.333. The molecule has 5 heteroatoms. The van der Waals surface area contributed by atoms with Crippen LogP contribution in [0.3, 0.4) is 0 Å². The molecule has 1 aliphatic heterocycles. The van der Waals surface area contributed by atoms with Gasteiger partial charge in [0, 0.05) is 13.2 Å². The van der Waals surface area contributed by atoms with Crippen molar-refractivity contribution in [3.63, 3.8) is 0 Å². The summed E-state index contributed by atoms with van der Waals surface area (Å²) in [6.07, 6.45) is 1.56. The molecule has 0 saturated carbocycles. The number of methoxy groups -OCH3 is 1. The van der Waals surface area contributed by atoms with Gasteiger partial charge < -0.3 is 20.2 Å². The third kappa shape index (κ3) is 2.89. The molecule has 0 amide bonds. The van der Waals surface area contributed by atoms with Crippen molar-refractivity contribution in [2.75, 3.05) is 14.2 Å². The summed E-state index contributed by atoms with van der Waals surface area (Å²) in [6.45, 7) is 0.504. The first kappa shape index (κ1) is 11.8. The van der Waals surface area contributed by atoms with Crippen LogP contribution in [0.1, 0.15) is 5.56 Å². The fourth-order valence-electron chi connectivity index (χ4n) is 1.62. The molecule has 0 saturated heterocycles. The zero-order chi connectivity index (χ0) is 12.3. The average Bonchev–Trinajstić information content (AvgIpc) is 2.66. The molecule has 5 nitrogen and oxygen atoms in total. The Kier molecular flexibility index (Phi) is 3.51. The third-order valence-corrected chi connectivity index (χ3v) is 2.54. The number of ether oxygens (including phenoxy) is 2. The van der Waals surface area contributed by atoms with Gasteiger partial charge in [0.25, 0.3) is 0 Å². The topological polar surface area (TPSA) is 59.8 Å². The van der Waals surface area contributed by atoms with E-state index < -0.39 is 0 Å². The van der Waals surface area contributed by atoms with E-state index in [0.717, 1.165) is 11.3 Å². The second kappa shape index (κ2) is 5.07. The maximum Gasteiger partial charge on any atom is 0.166 e. The Morgan fingerprint density at radius 3 is 2.59 bits per heavy atom. The number of hydrazine groups is 1. The van der Waals surface area contributed by atoms with Gasteiger partial charge in [0.2, 0.25) is 0 Å². The molecule has 1 aromatic rings. The first-order valence-corrected chi connectivity index (χ1v) is 5.40. The minimum Gasteiger partial charge on any atom is -0.497 e. The van der Waals surface area contributed by atoms with Crippen LogP contribution in [-0.2, 0) is 11.3 Å². The molecule has 0 fully saturated rings. The molecule has 3 N–H and O–H groups in total. The minimum atomic E-state index is -0.248. The number of nitrogens with one attached hydrogen (secondary N) is 1. The molecule has 0 spiro atoms. The van der Waals surface area contributed by atoms with E-state index in [9.17, 15) is 0 Å². The molecule has 0 bridgehead atoms. The van der Waals surface area contributed by atoms with Crippen LogP contribution in [0.5, 0.6) is 5.75 Å². The van der Waals surface area contributed by atoms with Gasteiger partial charge in [0.05, 0.1) is 19.4 Å². The van der Waals surface area contributed by atoms with Crippen LogP contribution in [0.25, 0.3) is 0 Å². The van der Waals surface area contributed by atoms with Crippen molar-refractivity contribution < 1.29 is 9.47 Å². The molecule has 1 heterocycles. The van der Waals surface area contributed by atoms with Gasteiger partial charge in [-0.2, -0.15) is 0 Å². The van der Waals surface area contributed by atoms with E-state index in [1.54, 1.807) is 18.3 Å². The number of nitrogens with two attached hydrogens (primary N) is 1. The largest absolute Gasteiger partial charge is 0.497 e. The van der Waals surface area contributed by atoms with Crippen molar-refractivity contribution in [3.05, 3.63) is 41.7 Å². The summed E-state index contributed by atoms with van der Waals surface area (Å²) in [5.74, 6) is 0.840. The highest BCUT2D eigenvalue weighted by molar-refractivity contribution is 5.26. The number of hydrogen-bond donors (Lipinski definition) is 2. The highest BCUT2D eigenvalue weighted by Gasteiger charge is 2.19. The zero-order valence-corrected chi connectivity index (χ0v) is 10.0. The van der Waals surface area contributed by atoms with Gasteiger partial charge in [-0.05, 0) is 17.7 Å². The second-order valence-electron chi connectivity index (χ2n) is 3.91. The smallest absolute Gasteiger partial charge is 0.166 e. The maximum atomic E-state index is 5.79. The molecule has 17 heavy (non-hydrogen) atoms. The van der Waals surface area contributed by atoms with Crippen LogP contribution in [0, 0.1) is 0 Å². The Balaban J connectivity index is 1.87. The molecule has 0 aromatic heterocycles. The lowest BCUT2D eigenvalue weighted by Gasteiger charge is -2.16. The Morgan fingerprint density at radius 1 is 1.35 bits per heavy atom. The predicted octanol–water partition coefficient (Wildman–Crippen LogP) is 0.788. The van der Waals surface area contributed by atoms with Gasteiger partial charge in [-0.1, -0.05) is 12.1 Å². The standard InChI is InChI=1S/C12H17N3O2/c1-15-7-11(13)12(14-15)17-8-9-3-5-10(16-2)6-4-9/h3-7,12,14H,8,13H2,1-2H3. The summed E-state index contributed by atoms with van der Waals surface area (Å²) >= 11 is 0. The monoisotopic (exact) mass is 235 g/mol. The second-order valence-corrected chi connectivity index (χ2v) is 3.91. The van der Waals surface area contributed by atoms with Crippen LogP contribution >= 0.6 is 0 Å². The fourth-order valence-corrected chi connectivity index (χ4v) is 1.62. The van der Waals surface area contributed by atoms with E-state index >= 15 is 0 Å². The first-order chi connectivity index (χ1) is 8.19. The number of rotatable bonds is 4. The van der Waals surface area contributed by atoms with Gasteiger partial charge in [-0.25, -0.2) is 5.43 Å². The van der Waals surface area contributed by atoms with E-state index in [-0.39, 0.29) is 6.23 Å². The summed E-state index contributed by atoms with van der Waals surface area (Å²) < 4.78 is 10.7. The predicted molar refractivity (Wildman–Crippen MR) is 64.7 cm³/mol. The molecule has 0 radical (unpaired) electrons. The number of nitrogens with zero attached hydrogens (tertiary/aromatic N) is 1. The van der Waals surface area contributed by atoms with Gasteiger partial charge in [0.1, 0.15) is 5.75 Å². The lowest BCUT2D eigenvalue weighted by molar-refractivity contribution is 0.0214. The maximum absolute atomic E-state index is 5.79. The van der Waals surface area contributed by atoms with E-state index in [4.69, 9.17) is 15.2 Å². The summed E-state index contributed by atoms with van der Waals surface area (Å²) in [5.41, 5.74) is 10.6. The number of benzene rings is 1. The van der Waals surface area contributed by atoms with Crippen molar-refractivity contribution in [2.24, 2.45) is 5.73 Å². The van der Waals surface area contributed by atoms with Crippen molar-refractivity contribution in [1.29, 1.82) is 0 Å². The summed E-state index contributed by atoms with van der Waals surface area (Å²) in [5, 5.41) is 1.79. The Hall–Kier alpha value is -1.72. The molecular formula is C12H17N3O2. The first-order valence-electron chi connectivity index (χ1n) is 5.40. The quantitative estimate of drug-likeness (QED) is 0.808. The van der Waals surface area contributed by atoms with Crippen molar-refractivity contribution in [2.45, 2.75) is 12.8 Å². The molecule has 0 aliphatic carbocycles. The normalized spacial score (nSPS) is 19.3. The van der Waals surface area contributed by atoms with E-state index in [2.05, 4.69) is 5.43 Å². The van der Waals surface area contributed by atoms with Crippen LogP contribution in [0.4, 0.5) is 0 Å². The van der Waals surface area contributed by atoms with Crippen LogP contribution in [-0.4, -0.2) is 25.4 Å². The summed E-state index contributed by atoms with van der Waals surface area (Å²) in [7, 11) is 3.53. The molecule has 92 valence electrons. The van der Waals surface area contributed by atoms with E-state index in [1.807, 2.05) is 31.3 Å². The van der Waals surface area contributed by atoms with Crippen LogP contribution < -0.4 is 15.9 Å². The molecular weight excluding hydrogens is 218 g/mol. The zero-order valence-electron chi connectivity index (χ0n) is 10.0. The average molecular weight is 235 g/mol. The number of hydrogen-bond acceptors (Lipinski definition) is 5. The Morgan fingerprint density at radius 2 is 2.06 bits per heavy atom. The summed E-state index contributed by atoms with van der Waals surface area (Å²) in [4.78, 5) is 0. The molecule has 1 atom stereocenters. The molecule has 2 rings (SSSR count). The van der Waals surface area contributed by atoms with Crippen molar-refractivity contribution in [3.8, 4) is 5.75 Å². The highest BCUT2D eigenvalue weighted by Crippen LogP contribution is 2.14. The van der Waals surface area contributed by atoms with Crippen LogP contribution in [0.2, 0.25) is 0 Å². The SMILES string of the molecule is COc1ccc(COC2NN(C)C=C2N)cc1. The third-order valence-electron chi connectivity index (χ3n) is 2.54. The van der Waals surface area contributed by atoms with Gasteiger partial charge >= 0.3 is 0 Å². The van der Waals surface area contributed by atoms with Crippen LogP contribution in [0.15, 0.2) is 36.2 Å². The van der Waals surface area contributed by atoms with E-state index in [1.165, 1.54) is 0 Å². The lowest BCUT2D eigenvalue weighted by atomic mass is 10.2. The summed E-state index contributed by atoms with van der Waals surface area (Å²) in [6, 6.07) is 7.76. The van der Waals surface area contributed by atoms with Gasteiger partial charge in [-0.3, -0.25) is 0 Å². The van der Waals surface area contributed by atoms with Gasteiger partial charge in [0.15, 0.2) is 6.23 Å². The van der Waals surface area contributed by atoms with Gasteiger partial charge in [-0.15, -0.1) is 0 Å². The Labute approximate surface area is 101 Å². The molecule has 1 aliphatic rings. The molecule has 1 aromatic carbocycles. The van der Waals surface area contributed by atoms with Crippen molar-refractivity contribution in [1.82, 2.24) is 10.4 Å².